The molecule has 1 aliphatic heterocycles. The van der Waals surface area contributed by atoms with Gasteiger partial charge in [-0.05, 0) is 31.0 Å². The Morgan fingerprint density at radius 2 is 2.22 bits per heavy atom. The minimum Gasteiger partial charge on any atom is -0.392 e. The fourth-order valence-electron chi connectivity index (χ4n) is 2.02. The van der Waals surface area contributed by atoms with Gasteiger partial charge in [0, 0.05) is 13.1 Å². The van der Waals surface area contributed by atoms with Crippen molar-refractivity contribution >= 4 is 10.0 Å². The molecule has 1 aromatic rings. The summed E-state index contributed by atoms with van der Waals surface area (Å²) in [7, 11) is -3.61. The summed E-state index contributed by atoms with van der Waals surface area (Å²) < 4.78 is 26.0. The van der Waals surface area contributed by atoms with Gasteiger partial charge in [-0.1, -0.05) is 6.07 Å². The fourth-order valence-corrected chi connectivity index (χ4v) is 3.76. The molecule has 5 nitrogen and oxygen atoms in total. The maximum Gasteiger partial charge on any atom is 0.243 e. The second-order valence-electron chi connectivity index (χ2n) is 4.40. The molecule has 0 amide bonds. The summed E-state index contributed by atoms with van der Waals surface area (Å²) in [5.74, 6) is 0. The van der Waals surface area contributed by atoms with Crippen LogP contribution < -0.4 is 0 Å². The van der Waals surface area contributed by atoms with Gasteiger partial charge in [0.05, 0.1) is 22.6 Å². The lowest BCUT2D eigenvalue weighted by Gasteiger charge is -2.17. The Bertz CT molecular complexity index is 604. The minimum absolute atomic E-state index is 0.124. The molecule has 18 heavy (non-hydrogen) atoms. The van der Waals surface area contributed by atoms with Crippen molar-refractivity contribution < 1.29 is 13.5 Å². The molecule has 0 aromatic heterocycles. The van der Waals surface area contributed by atoms with E-state index in [0.29, 0.717) is 24.1 Å². The zero-order valence-corrected chi connectivity index (χ0v) is 10.8. The summed E-state index contributed by atoms with van der Waals surface area (Å²) in [6, 6.07) is 6.53. The van der Waals surface area contributed by atoms with E-state index in [0.717, 1.165) is 0 Å². The number of aliphatic hydroxyl groups excluding tert-OH is 1. The molecule has 0 unspecified atom stereocenters. The molecule has 6 heteroatoms. The lowest BCUT2D eigenvalue weighted by molar-refractivity contribution is 0.189. The molecule has 0 saturated carbocycles. The molecule has 0 spiro atoms. The number of nitrogens with zero attached hydrogens (tertiary/aromatic N) is 2. The van der Waals surface area contributed by atoms with Crippen molar-refractivity contribution in [2.45, 2.75) is 24.3 Å². The van der Waals surface area contributed by atoms with Crippen LogP contribution >= 0.6 is 0 Å². The maximum atomic E-state index is 12.4. The zero-order valence-electron chi connectivity index (χ0n) is 10.00. The molecule has 2 rings (SSSR count). The van der Waals surface area contributed by atoms with E-state index < -0.39 is 16.1 Å². The Hall–Kier alpha value is -1.42. The Morgan fingerprint density at radius 1 is 1.50 bits per heavy atom. The summed E-state index contributed by atoms with van der Waals surface area (Å²) in [5, 5.41) is 18.2. The van der Waals surface area contributed by atoms with Crippen molar-refractivity contribution in [3.05, 3.63) is 29.3 Å². The third-order valence-electron chi connectivity index (χ3n) is 3.06. The van der Waals surface area contributed by atoms with Crippen molar-refractivity contribution in [3.63, 3.8) is 0 Å². The van der Waals surface area contributed by atoms with Crippen molar-refractivity contribution in [2.75, 3.05) is 13.1 Å². The third-order valence-corrected chi connectivity index (χ3v) is 5.07. The number of rotatable bonds is 2. The molecule has 96 valence electrons. The van der Waals surface area contributed by atoms with E-state index in [-0.39, 0.29) is 11.4 Å². The second-order valence-corrected chi connectivity index (χ2v) is 6.30. The Morgan fingerprint density at radius 3 is 2.78 bits per heavy atom. The molecule has 1 aliphatic rings. The van der Waals surface area contributed by atoms with E-state index >= 15 is 0 Å². The van der Waals surface area contributed by atoms with Crippen LogP contribution in [0.15, 0.2) is 23.1 Å². The average Bonchev–Trinajstić information content (AvgIpc) is 2.77. The molecule has 1 saturated heterocycles. The van der Waals surface area contributed by atoms with E-state index in [1.54, 1.807) is 19.1 Å². The van der Waals surface area contributed by atoms with Crippen LogP contribution in [-0.2, 0) is 10.0 Å². The molecule has 1 heterocycles. The summed E-state index contributed by atoms with van der Waals surface area (Å²) in [4.78, 5) is 0.149. The molecular weight excluding hydrogens is 252 g/mol. The van der Waals surface area contributed by atoms with E-state index in [1.165, 1.54) is 10.4 Å². The lowest BCUT2D eigenvalue weighted by Crippen LogP contribution is -2.30. The molecule has 1 fully saturated rings. The molecule has 1 aromatic carbocycles. The SMILES string of the molecule is Cc1ccc(C#N)cc1S(=O)(=O)N1CC[C@H](O)C1. The first-order valence-electron chi connectivity index (χ1n) is 5.64. The van der Waals surface area contributed by atoms with Crippen molar-refractivity contribution in [3.8, 4) is 6.07 Å². The van der Waals surface area contributed by atoms with Crippen LogP contribution in [0.1, 0.15) is 17.5 Å². The highest BCUT2D eigenvalue weighted by atomic mass is 32.2. The predicted octanol–water partition coefficient (Wildman–Crippen LogP) is 0.622. The normalized spacial score (nSPS) is 20.8. The number of sulfonamides is 1. The first kappa shape index (κ1) is 13.0. The van der Waals surface area contributed by atoms with Gasteiger partial charge in [-0.3, -0.25) is 0 Å². The standard InChI is InChI=1S/C12H14N2O3S/c1-9-2-3-10(7-13)6-12(9)18(16,17)14-5-4-11(15)8-14/h2-3,6,11,15H,4-5,8H2,1H3/t11-/m0/s1. The molecular formula is C12H14N2O3S. The van der Waals surface area contributed by atoms with E-state index in [1.807, 2.05) is 6.07 Å². The Balaban J connectivity index is 2.45. The third kappa shape index (κ3) is 2.25. The van der Waals surface area contributed by atoms with E-state index in [9.17, 15) is 13.5 Å². The number of hydrogen-bond acceptors (Lipinski definition) is 4. The number of aryl methyl sites for hydroxylation is 1. The van der Waals surface area contributed by atoms with Gasteiger partial charge in [0.1, 0.15) is 0 Å². The highest BCUT2D eigenvalue weighted by Crippen LogP contribution is 2.24. The maximum absolute atomic E-state index is 12.4. The monoisotopic (exact) mass is 266 g/mol. The van der Waals surface area contributed by atoms with Gasteiger partial charge in [0.2, 0.25) is 10.0 Å². The van der Waals surface area contributed by atoms with Crippen LogP contribution in [0, 0.1) is 18.3 Å². The van der Waals surface area contributed by atoms with Crippen molar-refractivity contribution in [1.82, 2.24) is 4.31 Å². The van der Waals surface area contributed by atoms with Gasteiger partial charge in [-0.2, -0.15) is 9.57 Å². The van der Waals surface area contributed by atoms with Crippen LogP contribution in [0.3, 0.4) is 0 Å². The van der Waals surface area contributed by atoms with Crippen LogP contribution in [0.2, 0.25) is 0 Å². The highest BCUT2D eigenvalue weighted by molar-refractivity contribution is 7.89. The van der Waals surface area contributed by atoms with Gasteiger partial charge in [-0.25, -0.2) is 8.42 Å². The average molecular weight is 266 g/mol. The van der Waals surface area contributed by atoms with Crippen molar-refractivity contribution in [2.24, 2.45) is 0 Å². The minimum atomic E-state index is -3.61. The molecule has 0 radical (unpaired) electrons. The molecule has 1 N–H and O–H groups in total. The van der Waals surface area contributed by atoms with Crippen LogP contribution in [-0.4, -0.2) is 37.0 Å². The number of aliphatic hydroxyl groups is 1. The largest absolute Gasteiger partial charge is 0.392 e. The topological polar surface area (TPSA) is 81.4 Å². The number of benzene rings is 1. The Kier molecular flexibility index (Phi) is 3.39. The van der Waals surface area contributed by atoms with Gasteiger partial charge < -0.3 is 5.11 Å². The van der Waals surface area contributed by atoms with Crippen LogP contribution in [0.4, 0.5) is 0 Å². The van der Waals surface area contributed by atoms with E-state index in [4.69, 9.17) is 5.26 Å². The fraction of sp³-hybridized carbons (Fsp3) is 0.417. The van der Waals surface area contributed by atoms with Crippen LogP contribution in [0.25, 0.3) is 0 Å². The van der Waals surface area contributed by atoms with Crippen molar-refractivity contribution in [1.29, 1.82) is 5.26 Å². The Labute approximate surface area is 106 Å². The van der Waals surface area contributed by atoms with Gasteiger partial charge in [0.25, 0.3) is 0 Å². The van der Waals surface area contributed by atoms with Gasteiger partial charge >= 0.3 is 0 Å². The molecule has 0 aliphatic carbocycles. The van der Waals surface area contributed by atoms with E-state index in [2.05, 4.69) is 0 Å². The van der Waals surface area contributed by atoms with Gasteiger partial charge in [-0.15, -0.1) is 0 Å². The number of β-amino-alcohol motifs (C(OH)–C–C–N with tert-alkyl or cyclic N) is 1. The number of hydrogen-bond donors (Lipinski definition) is 1. The van der Waals surface area contributed by atoms with Crippen LogP contribution in [0.5, 0.6) is 0 Å². The first-order valence-corrected chi connectivity index (χ1v) is 7.08. The number of nitriles is 1. The summed E-state index contributed by atoms with van der Waals surface area (Å²) in [6.45, 7) is 2.14. The quantitative estimate of drug-likeness (QED) is 0.851. The predicted molar refractivity (Wildman–Crippen MR) is 65.3 cm³/mol. The molecule has 1 atom stereocenters. The smallest absolute Gasteiger partial charge is 0.243 e. The molecule has 0 bridgehead atoms. The summed E-state index contributed by atoms with van der Waals surface area (Å²) in [5.41, 5.74) is 0.925. The highest BCUT2D eigenvalue weighted by Gasteiger charge is 2.32. The summed E-state index contributed by atoms with van der Waals surface area (Å²) in [6.07, 6.45) is -0.143. The lowest BCUT2D eigenvalue weighted by atomic mass is 10.2. The second kappa shape index (κ2) is 4.69. The van der Waals surface area contributed by atoms with Gasteiger partial charge in [0.15, 0.2) is 0 Å². The first-order chi connectivity index (χ1) is 8.45. The summed E-state index contributed by atoms with van der Waals surface area (Å²) >= 11 is 0. The zero-order chi connectivity index (χ0) is 13.3.